The standard InChI is InChI=1S/C57H110N2O5/c1-5-9-11-13-15-17-19-21-23-25-27-29-31-33-37-45-56(61)63-51-40-35-36-44-55(60)54(53-58-47-42-50-59(48-7-3)49-8-4)43-39-41-52-64-57(62)46-38-34-32-30-28-26-24-22-20-18-16-14-12-10-6-2/h21-24,54-55,58,60H,5-20,25-53H2,1-4H3/b23-21-,24-22-. The molecule has 64 heavy (non-hydrogen) atoms. The number of nitrogens with zero attached hydrogens (tertiary/aromatic N) is 1. The minimum Gasteiger partial charge on any atom is -0.466 e. The van der Waals surface area contributed by atoms with Gasteiger partial charge in [-0.25, -0.2) is 0 Å². The van der Waals surface area contributed by atoms with Gasteiger partial charge in [0.1, 0.15) is 0 Å². The number of hydrogen-bond acceptors (Lipinski definition) is 7. The van der Waals surface area contributed by atoms with E-state index >= 15 is 0 Å². The van der Waals surface area contributed by atoms with E-state index in [1.807, 2.05) is 0 Å². The van der Waals surface area contributed by atoms with Crippen LogP contribution in [0.4, 0.5) is 0 Å². The summed E-state index contributed by atoms with van der Waals surface area (Å²) in [6.07, 6.45) is 52.4. The molecule has 0 rings (SSSR count). The Kier molecular flexibility index (Phi) is 50.9. The number of ether oxygens (including phenoxy) is 2. The molecule has 2 N–H and O–H groups in total. The maximum atomic E-state index is 12.4. The summed E-state index contributed by atoms with van der Waals surface area (Å²) in [7, 11) is 0. The summed E-state index contributed by atoms with van der Waals surface area (Å²) in [5.41, 5.74) is 0. The van der Waals surface area contributed by atoms with Gasteiger partial charge in [-0.1, -0.05) is 161 Å². The number of carbonyl (C=O) groups excluding carboxylic acids is 2. The van der Waals surface area contributed by atoms with Gasteiger partial charge >= 0.3 is 11.9 Å². The Morgan fingerprint density at radius 3 is 1.30 bits per heavy atom. The number of rotatable bonds is 52. The Labute approximate surface area is 398 Å². The molecule has 0 heterocycles. The maximum absolute atomic E-state index is 12.4. The van der Waals surface area contributed by atoms with E-state index < -0.39 is 0 Å². The van der Waals surface area contributed by atoms with Crippen molar-refractivity contribution in [3.8, 4) is 0 Å². The highest BCUT2D eigenvalue weighted by Gasteiger charge is 2.19. The average molecular weight is 904 g/mol. The average Bonchev–Trinajstić information content (AvgIpc) is 3.29. The third kappa shape index (κ3) is 46.8. The largest absolute Gasteiger partial charge is 0.466 e. The number of unbranched alkanes of at least 4 members (excludes halogenated alkanes) is 25. The van der Waals surface area contributed by atoms with Gasteiger partial charge in [-0.3, -0.25) is 9.59 Å². The summed E-state index contributed by atoms with van der Waals surface area (Å²) in [4.78, 5) is 27.2. The molecule has 0 aromatic heterocycles. The summed E-state index contributed by atoms with van der Waals surface area (Å²) in [5, 5.41) is 14.9. The first kappa shape index (κ1) is 62.3. The fraction of sp³-hybridized carbons (Fsp3) is 0.895. The number of aliphatic hydroxyl groups is 1. The molecule has 0 spiro atoms. The van der Waals surface area contributed by atoms with Crippen LogP contribution in [0.25, 0.3) is 0 Å². The Hall–Kier alpha value is -1.70. The predicted octanol–water partition coefficient (Wildman–Crippen LogP) is 16.0. The smallest absolute Gasteiger partial charge is 0.305 e. The van der Waals surface area contributed by atoms with Crippen LogP contribution >= 0.6 is 0 Å². The number of hydrogen-bond donors (Lipinski definition) is 2. The third-order valence-electron chi connectivity index (χ3n) is 12.8. The van der Waals surface area contributed by atoms with Crippen LogP contribution in [0.2, 0.25) is 0 Å². The molecule has 7 heteroatoms. The minimum atomic E-state index is -0.364. The Balaban J connectivity index is 4.21. The summed E-state index contributed by atoms with van der Waals surface area (Å²) in [6.45, 7) is 15.2. The van der Waals surface area contributed by atoms with E-state index in [9.17, 15) is 14.7 Å². The second kappa shape index (κ2) is 52.3. The zero-order valence-electron chi connectivity index (χ0n) is 43.3. The lowest BCUT2D eigenvalue weighted by Gasteiger charge is -2.24. The van der Waals surface area contributed by atoms with Crippen molar-refractivity contribution in [1.29, 1.82) is 0 Å². The SMILES string of the molecule is CCCCCCCC/C=C\CCCCCCCC(=O)OCCCCCC(O)C(CCCCOC(=O)CCCCCCC/C=C\CCCCCCCC)CNCCCN(CCC)CCC. The summed E-state index contributed by atoms with van der Waals surface area (Å²) < 4.78 is 11.1. The van der Waals surface area contributed by atoms with Gasteiger partial charge < -0.3 is 24.8 Å². The minimum absolute atomic E-state index is 0.0648. The zero-order chi connectivity index (χ0) is 46.7. The van der Waals surface area contributed by atoms with E-state index in [-0.39, 0.29) is 24.0 Å². The number of allylic oxidation sites excluding steroid dienone is 4. The van der Waals surface area contributed by atoms with Gasteiger partial charge in [0.15, 0.2) is 0 Å². The van der Waals surface area contributed by atoms with Crippen molar-refractivity contribution in [2.45, 2.75) is 278 Å². The molecule has 378 valence electrons. The normalized spacial score (nSPS) is 12.8. The molecule has 0 bridgehead atoms. The fourth-order valence-corrected chi connectivity index (χ4v) is 8.69. The van der Waals surface area contributed by atoms with Gasteiger partial charge in [0.05, 0.1) is 19.3 Å². The lowest BCUT2D eigenvalue weighted by molar-refractivity contribution is -0.144. The van der Waals surface area contributed by atoms with Crippen molar-refractivity contribution in [2.24, 2.45) is 5.92 Å². The van der Waals surface area contributed by atoms with Gasteiger partial charge in [0.25, 0.3) is 0 Å². The van der Waals surface area contributed by atoms with Crippen LogP contribution < -0.4 is 5.32 Å². The topological polar surface area (TPSA) is 88.1 Å². The molecule has 2 atom stereocenters. The Morgan fingerprint density at radius 1 is 0.453 bits per heavy atom. The monoisotopic (exact) mass is 903 g/mol. The van der Waals surface area contributed by atoms with Crippen LogP contribution in [0.3, 0.4) is 0 Å². The summed E-state index contributed by atoms with van der Waals surface area (Å²) in [5.74, 6) is 0.0490. The molecule has 7 nitrogen and oxygen atoms in total. The number of aliphatic hydroxyl groups excluding tert-OH is 1. The predicted molar refractivity (Wildman–Crippen MR) is 277 cm³/mol. The van der Waals surface area contributed by atoms with Crippen molar-refractivity contribution in [3.63, 3.8) is 0 Å². The molecule has 0 aromatic carbocycles. The van der Waals surface area contributed by atoms with E-state index in [0.717, 1.165) is 110 Å². The van der Waals surface area contributed by atoms with Crippen molar-refractivity contribution < 1.29 is 24.2 Å². The highest BCUT2D eigenvalue weighted by atomic mass is 16.5. The molecule has 0 fully saturated rings. The lowest BCUT2D eigenvalue weighted by Crippen LogP contribution is -2.34. The Bertz CT molecular complexity index is 1010. The van der Waals surface area contributed by atoms with Crippen LogP contribution in [-0.4, -0.2) is 74.0 Å². The molecule has 0 saturated heterocycles. The molecule has 0 saturated carbocycles. The maximum Gasteiger partial charge on any atom is 0.305 e. The zero-order valence-corrected chi connectivity index (χ0v) is 43.3. The molecular formula is C57H110N2O5. The first-order chi connectivity index (χ1) is 31.5. The molecule has 0 aliphatic heterocycles. The summed E-state index contributed by atoms with van der Waals surface area (Å²) >= 11 is 0. The van der Waals surface area contributed by atoms with Gasteiger partial charge in [-0.15, -0.1) is 0 Å². The van der Waals surface area contributed by atoms with E-state index in [2.05, 4.69) is 62.2 Å². The van der Waals surface area contributed by atoms with Gasteiger partial charge in [0, 0.05) is 19.4 Å². The number of carbonyl (C=O) groups is 2. The van der Waals surface area contributed by atoms with Gasteiger partial charge in [-0.05, 0) is 154 Å². The quantitative estimate of drug-likeness (QED) is 0.0357. The molecule has 0 aliphatic rings. The van der Waals surface area contributed by atoms with E-state index in [1.54, 1.807) is 0 Å². The lowest BCUT2D eigenvalue weighted by atomic mass is 9.92. The van der Waals surface area contributed by atoms with Gasteiger partial charge in [-0.2, -0.15) is 0 Å². The summed E-state index contributed by atoms with van der Waals surface area (Å²) in [6, 6.07) is 0. The van der Waals surface area contributed by atoms with Crippen molar-refractivity contribution in [3.05, 3.63) is 24.3 Å². The first-order valence-electron chi connectivity index (χ1n) is 28.2. The van der Waals surface area contributed by atoms with E-state index in [4.69, 9.17) is 9.47 Å². The molecule has 0 amide bonds. The van der Waals surface area contributed by atoms with Crippen molar-refractivity contribution in [1.82, 2.24) is 10.2 Å². The van der Waals surface area contributed by atoms with Crippen LogP contribution in [0.15, 0.2) is 24.3 Å². The number of nitrogens with one attached hydrogen (secondary N) is 1. The molecular weight excluding hydrogens is 793 g/mol. The van der Waals surface area contributed by atoms with Crippen LogP contribution in [0.5, 0.6) is 0 Å². The van der Waals surface area contributed by atoms with Crippen LogP contribution in [-0.2, 0) is 19.1 Å². The van der Waals surface area contributed by atoms with Crippen molar-refractivity contribution >= 4 is 11.9 Å². The number of esters is 2. The molecule has 2 unspecified atom stereocenters. The van der Waals surface area contributed by atoms with Crippen LogP contribution in [0, 0.1) is 5.92 Å². The highest BCUT2D eigenvalue weighted by Crippen LogP contribution is 2.19. The van der Waals surface area contributed by atoms with E-state index in [0.29, 0.717) is 26.1 Å². The van der Waals surface area contributed by atoms with Crippen LogP contribution in [0.1, 0.15) is 272 Å². The third-order valence-corrected chi connectivity index (χ3v) is 12.8. The second-order valence-electron chi connectivity index (χ2n) is 19.2. The highest BCUT2D eigenvalue weighted by molar-refractivity contribution is 5.69. The van der Waals surface area contributed by atoms with Gasteiger partial charge in [0.2, 0.25) is 0 Å². The molecule has 0 radical (unpaired) electrons. The molecule has 0 aromatic rings. The van der Waals surface area contributed by atoms with Crippen molar-refractivity contribution in [2.75, 3.05) is 45.9 Å². The Morgan fingerprint density at radius 2 is 0.844 bits per heavy atom. The van der Waals surface area contributed by atoms with E-state index in [1.165, 1.54) is 154 Å². The molecule has 0 aliphatic carbocycles. The fourth-order valence-electron chi connectivity index (χ4n) is 8.69. The first-order valence-corrected chi connectivity index (χ1v) is 28.2. The second-order valence-corrected chi connectivity index (χ2v) is 19.2.